The SMILES string of the molecule is CCCCCN1C(=O)C(CCOCCC)Oc2ccccc21. The molecule has 2 rings (SSSR count). The molecule has 1 heterocycles. The highest BCUT2D eigenvalue weighted by atomic mass is 16.5. The number of hydrogen-bond donors (Lipinski definition) is 0. The van der Waals surface area contributed by atoms with Gasteiger partial charge >= 0.3 is 0 Å². The van der Waals surface area contributed by atoms with Crippen LogP contribution in [-0.4, -0.2) is 31.8 Å². The van der Waals surface area contributed by atoms with Crippen LogP contribution in [0.25, 0.3) is 0 Å². The first-order valence-electron chi connectivity index (χ1n) is 8.42. The minimum atomic E-state index is -0.423. The summed E-state index contributed by atoms with van der Waals surface area (Å²) in [5.41, 5.74) is 0.898. The highest BCUT2D eigenvalue weighted by Gasteiger charge is 2.33. The van der Waals surface area contributed by atoms with Crippen LogP contribution in [0, 0.1) is 0 Å². The first-order valence-corrected chi connectivity index (χ1v) is 8.42. The Labute approximate surface area is 133 Å². The average molecular weight is 305 g/mol. The number of nitrogens with zero attached hydrogens (tertiary/aromatic N) is 1. The first-order chi connectivity index (χ1) is 10.8. The van der Waals surface area contributed by atoms with Gasteiger partial charge in [-0.1, -0.05) is 38.8 Å². The number of para-hydroxylation sites is 2. The molecule has 0 spiro atoms. The van der Waals surface area contributed by atoms with Gasteiger partial charge in [0, 0.05) is 19.6 Å². The highest BCUT2D eigenvalue weighted by Crippen LogP contribution is 2.34. The van der Waals surface area contributed by atoms with Crippen LogP contribution in [0.3, 0.4) is 0 Å². The van der Waals surface area contributed by atoms with E-state index in [-0.39, 0.29) is 5.91 Å². The van der Waals surface area contributed by atoms with E-state index in [0.29, 0.717) is 13.0 Å². The monoisotopic (exact) mass is 305 g/mol. The lowest BCUT2D eigenvalue weighted by Gasteiger charge is -2.34. The molecule has 1 amide bonds. The number of carbonyl (C=O) groups is 1. The van der Waals surface area contributed by atoms with Gasteiger partial charge in [0.2, 0.25) is 0 Å². The summed E-state index contributed by atoms with van der Waals surface area (Å²) in [6.07, 6.45) is 4.48. The van der Waals surface area contributed by atoms with Gasteiger partial charge in [-0.15, -0.1) is 0 Å². The third-order valence-corrected chi connectivity index (χ3v) is 3.82. The van der Waals surface area contributed by atoms with Gasteiger partial charge in [0.05, 0.1) is 12.3 Å². The predicted octanol–water partition coefficient (Wildman–Crippen LogP) is 3.79. The Hall–Kier alpha value is -1.55. The molecule has 1 atom stereocenters. The van der Waals surface area contributed by atoms with E-state index in [4.69, 9.17) is 9.47 Å². The molecule has 0 aromatic heterocycles. The number of ether oxygens (including phenoxy) is 2. The van der Waals surface area contributed by atoms with Crippen molar-refractivity contribution in [1.29, 1.82) is 0 Å². The van der Waals surface area contributed by atoms with E-state index in [1.165, 1.54) is 0 Å². The minimum Gasteiger partial charge on any atom is -0.478 e. The molecule has 1 aliphatic heterocycles. The van der Waals surface area contributed by atoms with E-state index in [0.717, 1.165) is 50.3 Å². The van der Waals surface area contributed by atoms with Crippen molar-refractivity contribution in [3.8, 4) is 5.75 Å². The summed E-state index contributed by atoms with van der Waals surface area (Å²) >= 11 is 0. The van der Waals surface area contributed by atoms with Crippen molar-refractivity contribution >= 4 is 11.6 Å². The highest BCUT2D eigenvalue weighted by molar-refractivity contribution is 5.99. The zero-order valence-electron chi connectivity index (χ0n) is 13.7. The lowest BCUT2D eigenvalue weighted by atomic mass is 10.1. The number of rotatable bonds is 9. The Morgan fingerprint density at radius 2 is 1.95 bits per heavy atom. The largest absolute Gasteiger partial charge is 0.478 e. The molecule has 1 aromatic carbocycles. The van der Waals surface area contributed by atoms with Crippen LogP contribution < -0.4 is 9.64 Å². The molecule has 1 aliphatic rings. The summed E-state index contributed by atoms with van der Waals surface area (Å²) in [6.45, 7) is 6.31. The van der Waals surface area contributed by atoms with E-state index < -0.39 is 6.10 Å². The molecule has 0 aliphatic carbocycles. The van der Waals surface area contributed by atoms with Crippen LogP contribution in [0.1, 0.15) is 46.0 Å². The van der Waals surface area contributed by atoms with E-state index in [9.17, 15) is 4.79 Å². The van der Waals surface area contributed by atoms with Crippen molar-refractivity contribution in [3.05, 3.63) is 24.3 Å². The molecule has 0 fully saturated rings. The molecule has 22 heavy (non-hydrogen) atoms. The Morgan fingerprint density at radius 3 is 2.73 bits per heavy atom. The van der Waals surface area contributed by atoms with Crippen LogP contribution in [0.5, 0.6) is 5.75 Å². The van der Waals surface area contributed by atoms with Crippen LogP contribution >= 0.6 is 0 Å². The van der Waals surface area contributed by atoms with Crippen molar-refractivity contribution in [3.63, 3.8) is 0 Å². The van der Waals surface area contributed by atoms with E-state index in [1.807, 2.05) is 29.2 Å². The molecule has 0 bridgehead atoms. The molecular formula is C18H27NO3. The van der Waals surface area contributed by atoms with Crippen molar-refractivity contribution in [2.75, 3.05) is 24.7 Å². The Balaban J connectivity index is 2.04. The van der Waals surface area contributed by atoms with E-state index in [2.05, 4.69) is 13.8 Å². The maximum absolute atomic E-state index is 12.7. The summed E-state index contributed by atoms with van der Waals surface area (Å²) in [5.74, 6) is 0.869. The van der Waals surface area contributed by atoms with Gasteiger partial charge in [-0.25, -0.2) is 0 Å². The van der Waals surface area contributed by atoms with Gasteiger partial charge in [0.15, 0.2) is 6.10 Å². The van der Waals surface area contributed by atoms with Crippen molar-refractivity contribution in [1.82, 2.24) is 0 Å². The fraction of sp³-hybridized carbons (Fsp3) is 0.611. The maximum Gasteiger partial charge on any atom is 0.268 e. The lowest BCUT2D eigenvalue weighted by molar-refractivity contribution is -0.127. The van der Waals surface area contributed by atoms with E-state index in [1.54, 1.807) is 0 Å². The fourth-order valence-electron chi connectivity index (χ4n) is 2.65. The second-order valence-corrected chi connectivity index (χ2v) is 5.67. The number of unbranched alkanes of at least 4 members (excludes halogenated alkanes) is 2. The molecule has 0 N–H and O–H groups in total. The molecule has 0 radical (unpaired) electrons. The van der Waals surface area contributed by atoms with Gasteiger partial charge in [-0.3, -0.25) is 4.79 Å². The number of amides is 1. The smallest absolute Gasteiger partial charge is 0.268 e. The Morgan fingerprint density at radius 1 is 1.14 bits per heavy atom. The van der Waals surface area contributed by atoms with Gasteiger partial charge < -0.3 is 14.4 Å². The summed E-state index contributed by atoms with van der Waals surface area (Å²) < 4.78 is 11.4. The molecule has 4 heteroatoms. The lowest BCUT2D eigenvalue weighted by Crippen LogP contribution is -2.46. The van der Waals surface area contributed by atoms with Gasteiger partial charge in [-0.05, 0) is 25.0 Å². The molecule has 0 saturated carbocycles. The summed E-state index contributed by atoms with van der Waals surface area (Å²) in [6, 6.07) is 7.80. The summed E-state index contributed by atoms with van der Waals surface area (Å²) in [4.78, 5) is 14.6. The zero-order valence-corrected chi connectivity index (χ0v) is 13.7. The molecule has 1 aromatic rings. The number of hydrogen-bond acceptors (Lipinski definition) is 3. The summed E-state index contributed by atoms with van der Waals surface area (Å²) in [7, 11) is 0. The van der Waals surface area contributed by atoms with Crippen LogP contribution in [0.2, 0.25) is 0 Å². The van der Waals surface area contributed by atoms with Crippen LogP contribution in [-0.2, 0) is 9.53 Å². The van der Waals surface area contributed by atoms with E-state index >= 15 is 0 Å². The molecular weight excluding hydrogens is 278 g/mol. The van der Waals surface area contributed by atoms with Crippen molar-refractivity contribution in [2.24, 2.45) is 0 Å². The van der Waals surface area contributed by atoms with Crippen LogP contribution in [0.4, 0.5) is 5.69 Å². The second kappa shape index (κ2) is 8.79. The molecule has 1 unspecified atom stereocenters. The number of carbonyl (C=O) groups excluding carboxylic acids is 1. The topological polar surface area (TPSA) is 38.8 Å². The normalized spacial score (nSPS) is 17.3. The zero-order chi connectivity index (χ0) is 15.8. The third kappa shape index (κ3) is 4.23. The fourth-order valence-corrected chi connectivity index (χ4v) is 2.65. The third-order valence-electron chi connectivity index (χ3n) is 3.82. The number of benzene rings is 1. The number of fused-ring (bicyclic) bond motifs is 1. The molecule has 0 saturated heterocycles. The van der Waals surface area contributed by atoms with Crippen molar-refractivity contribution < 1.29 is 14.3 Å². The van der Waals surface area contributed by atoms with Gasteiger partial charge in [-0.2, -0.15) is 0 Å². The van der Waals surface area contributed by atoms with Crippen molar-refractivity contribution in [2.45, 2.75) is 52.1 Å². The minimum absolute atomic E-state index is 0.0647. The number of anilines is 1. The standard InChI is InChI=1S/C18H27NO3/c1-3-5-8-12-19-15-9-6-7-10-16(15)22-17(18(19)20)11-14-21-13-4-2/h6-7,9-10,17H,3-5,8,11-14H2,1-2H3. The average Bonchev–Trinajstić information content (AvgIpc) is 2.54. The van der Waals surface area contributed by atoms with Gasteiger partial charge in [0.1, 0.15) is 5.75 Å². The van der Waals surface area contributed by atoms with Crippen LogP contribution in [0.15, 0.2) is 24.3 Å². The maximum atomic E-state index is 12.7. The predicted molar refractivity (Wildman–Crippen MR) is 88.5 cm³/mol. The molecule has 4 nitrogen and oxygen atoms in total. The first kappa shape index (κ1) is 16.8. The Kier molecular flexibility index (Phi) is 6.72. The summed E-state index contributed by atoms with van der Waals surface area (Å²) in [5, 5.41) is 0. The molecule has 122 valence electrons. The Bertz CT molecular complexity index is 475. The quantitative estimate of drug-likeness (QED) is 0.652. The second-order valence-electron chi connectivity index (χ2n) is 5.67. The van der Waals surface area contributed by atoms with Gasteiger partial charge in [0.25, 0.3) is 5.91 Å².